The van der Waals surface area contributed by atoms with Crippen molar-refractivity contribution in [3.8, 4) is 11.8 Å². The Morgan fingerprint density at radius 1 is 1.24 bits per heavy atom. The fraction of sp³-hybridized carbons (Fsp3) is 0.118. The Kier molecular flexibility index (Phi) is 4.70. The van der Waals surface area contributed by atoms with Crippen molar-refractivity contribution in [2.75, 3.05) is 11.9 Å². The normalized spacial score (nSPS) is 9.67. The number of aliphatic hydroxyl groups excluding tert-OH is 1. The second-order valence-corrected chi connectivity index (χ2v) is 4.37. The van der Waals surface area contributed by atoms with E-state index < -0.39 is 0 Å². The molecule has 0 fully saturated rings. The van der Waals surface area contributed by atoms with E-state index in [0.29, 0.717) is 22.4 Å². The smallest absolute Gasteiger partial charge is 0.256 e. The Morgan fingerprint density at radius 2 is 2.00 bits per heavy atom. The number of rotatable bonds is 2. The van der Waals surface area contributed by atoms with E-state index in [-0.39, 0.29) is 18.3 Å². The van der Waals surface area contributed by atoms with E-state index in [1.165, 1.54) is 12.1 Å². The molecule has 0 bridgehead atoms. The van der Waals surface area contributed by atoms with Crippen LogP contribution in [0.2, 0.25) is 0 Å². The first-order chi connectivity index (χ1) is 10.1. The second-order valence-electron chi connectivity index (χ2n) is 4.37. The van der Waals surface area contributed by atoms with Gasteiger partial charge in [-0.05, 0) is 31.2 Å². The van der Waals surface area contributed by atoms with Gasteiger partial charge in [-0.1, -0.05) is 30.0 Å². The van der Waals surface area contributed by atoms with Crippen LogP contribution in [0.5, 0.6) is 0 Å². The lowest BCUT2D eigenvalue weighted by molar-refractivity contribution is 0.102. The first kappa shape index (κ1) is 14.8. The van der Waals surface area contributed by atoms with Gasteiger partial charge in [0.2, 0.25) is 0 Å². The number of amides is 1. The van der Waals surface area contributed by atoms with Gasteiger partial charge in [0.25, 0.3) is 5.91 Å². The van der Waals surface area contributed by atoms with E-state index in [0.717, 1.165) is 0 Å². The van der Waals surface area contributed by atoms with Gasteiger partial charge in [0.05, 0.1) is 5.56 Å². The van der Waals surface area contributed by atoms with Gasteiger partial charge >= 0.3 is 0 Å². The molecule has 0 saturated carbocycles. The number of benzene rings is 2. The van der Waals surface area contributed by atoms with Crippen molar-refractivity contribution < 1.29 is 14.3 Å². The Balaban J connectivity index is 2.31. The van der Waals surface area contributed by atoms with Crippen LogP contribution in [0, 0.1) is 24.6 Å². The molecule has 4 heteroatoms. The summed E-state index contributed by atoms with van der Waals surface area (Å²) in [6.07, 6.45) is 0. The maximum absolute atomic E-state index is 13.5. The minimum absolute atomic E-state index is 0.279. The third kappa shape index (κ3) is 3.47. The molecule has 2 aromatic rings. The van der Waals surface area contributed by atoms with Gasteiger partial charge in [0.1, 0.15) is 12.4 Å². The average molecular weight is 283 g/mol. The monoisotopic (exact) mass is 283 g/mol. The quantitative estimate of drug-likeness (QED) is 0.833. The van der Waals surface area contributed by atoms with Crippen LogP contribution < -0.4 is 5.32 Å². The molecule has 0 radical (unpaired) electrons. The number of nitrogens with one attached hydrogen (secondary N) is 1. The minimum atomic E-state index is -0.374. The lowest BCUT2D eigenvalue weighted by Crippen LogP contribution is -2.14. The highest BCUT2D eigenvalue weighted by atomic mass is 19.1. The molecule has 2 rings (SSSR count). The van der Waals surface area contributed by atoms with Crippen molar-refractivity contribution in [2.24, 2.45) is 0 Å². The van der Waals surface area contributed by atoms with Crippen LogP contribution in [0.25, 0.3) is 0 Å². The summed E-state index contributed by atoms with van der Waals surface area (Å²) in [6.45, 7) is 1.32. The summed E-state index contributed by atoms with van der Waals surface area (Å²) in [7, 11) is 0. The van der Waals surface area contributed by atoms with Gasteiger partial charge in [-0.15, -0.1) is 0 Å². The SMILES string of the molecule is Cc1c(F)cccc1NC(=O)c1ccccc1C#CCO. The van der Waals surface area contributed by atoms with Crippen molar-refractivity contribution >= 4 is 11.6 Å². The van der Waals surface area contributed by atoms with E-state index in [9.17, 15) is 9.18 Å². The first-order valence-electron chi connectivity index (χ1n) is 6.38. The Hall–Kier alpha value is -2.64. The third-order valence-electron chi connectivity index (χ3n) is 2.99. The zero-order valence-corrected chi connectivity index (χ0v) is 11.5. The van der Waals surface area contributed by atoms with E-state index in [4.69, 9.17) is 5.11 Å². The van der Waals surface area contributed by atoms with Gasteiger partial charge in [-0.2, -0.15) is 0 Å². The fourth-order valence-electron chi connectivity index (χ4n) is 1.86. The van der Waals surface area contributed by atoms with Crippen molar-refractivity contribution in [3.05, 3.63) is 65.0 Å². The van der Waals surface area contributed by atoms with Gasteiger partial charge in [0.15, 0.2) is 0 Å². The fourth-order valence-corrected chi connectivity index (χ4v) is 1.86. The highest BCUT2D eigenvalue weighted by Crippen LogP contribution is 2.19. The predicted molar refractivity (Wildman–Crippen MR) is 79.5 cm³/mol. The molecule has 0 aliphatic heterocycles. The standard InChI is InChI=1S/C17H14FNO2/c1-12-15(18)9-4-10-16(12)19-17(21)14-8-3-2-6-13(14)7-5-11-20/h2-4,6,8-10,20H,11H2,1H3,(H,19,21). The van der Waals surface area contributed by atoms with Gasteiger partial charge < -0.3 is 10.4 Å². The molecule has 2 aromatic carbocycles. The molecule has 0 unspecified atom stereocenters. The third-order valence-corrected chi connectivity index (χ3v) is 2.99. The van der Waals surface area contributed by atoms with E-state index in [1.54, 1.807) is 37.3 Å². The van der Waals surface area contributed by atoms with Crippen molar-refractivity contribution in [3.63, 3.8) is 0 Å². The Bertz CT molecular complexity index is 729. The maximum atomic E-state index is 13.5. The molecule has 0 heterocycles. The number of halogens is 1. The number of anilines is 1. The summed E-state index contributed by atoms with van der Waals surface area (Å²) in [4.78, 5) is 12.3. The number of aliphatic hydroxyl groups is 1. The molecular formula is C17H14FNO2. The summed E-state index contributed by atoms with van der Waals surface area (Å²) in [6, 6.07) is 11.3. The van der Waals surface area contributed by atoms with Crippen LogP contribution in [-0.4, -0.2) is 17.6 Å². The van der Waals surface area contributed by atoms with Crippen molar-refractivity contribution in [2.45, 2.75) is 6.92 Å². The summed E-state index contributed by atoms with van der Waals surface area (Å²) in [5.41, 5.74) is 1.69. The van der Waals surface area contributed by atoms with E-state index in [1.807, 2.05) is 0 Å². The second kappa shape index (κ2) is 6.69. The molecule has 1 amide bonds. The molecule has 0 saturated heterocycles. The van der Waals surface area contributed by atoms with Crippen LogP contribution in [0.3, 0.4) is 0 Å². The van der Waals surface area contributed by atoms with Crippen LogP contribution >= 0.6 is 0 Å². The molecule has 0 atom stereocenters. The topological polar surface area (TPSA) is 49.3 Å². The molecule has 0 spiro atoms. The first-order valence-corrected chi connectivity index (χ1v) is 6.38. The van der Waals surface area contributed by atoms with Crippen molar-refractivity contribution in [1.29, 1.82) is 0 Å². The predicted octanol–water partition coefficient (Wildman–Crippen LogP) is 2.73. The summed E-state index contributed by atoms with van der Waals surface area (Å²) in [5, 5.41) is 11.4. The number of hydrogen-bond acceptors (Lipinski definition) is 2. The number of carbonyl (C=O) groups is 1. The molecule has 0 aliphatic rings. The van der Waals surface area contributed by atoms with Gasteiger partial charge in [-0.25, -0.2) is 4.39 Å². The largest absolute Gasteiger partial charge is 0.384 e. The van der Waals surface area contributed by atoms with Crippen LogP contribution in [0.1, 0.15) is 21.5 Å². The molecule has 0 aromatic heterocycles. The summed E-state index contributed by atoms with van der Waals surface area (Å²) in [5.74, 6) is 4.49. The molecule has 0 aliphatic carbocycles. The number of carbonyl (C=O) groups excluding carboxylic acids is 1. The molecule has 3 nitrogen and oxygen atoms in total. The van der Waals surface area contributed by atoms with E-state index >= 15 is 0 Å². The van der Waals surface area contributed by atoms with Gasteiger partial charge in [0, 0.05) is 16.8 Å². The maximum Gasteiger partial charge on any atom is 0.256 e. The number of hydrogen-bond donors (Lipinski definition) is 2. The zero-order valence-electron chi connectivity index (χ0n) is 11.5. The lowest BCUT2D eigenvalue weighted by Gasteiger charge is -2.10. The van der Waals surface area contributed by atoms with E-state index in [2.05, 4.69) is 17.2 Å². The minimum Gasteiger partial charge on any atom is -0.384 e. The summed E-state index contributed by atoms with van der Waals surface area (Å²) < 4.78 is 13.5. The molecular weight excluding hydrogens is 269 g/mol. The highest BCUT2D eigenvalue weighted by molar-refractivity contribution is 6.06. The van der Waals surface area contributed by atoms with Gasteiger partial charge in [-0.3, -0.25) is 4.79 Å². The van der Waals surface area contributed by atoms with Crippen LogP contribution in [-0.2, 0) is 0 Å². The Morgan fingerprint density at radius 3 is 2.76 bits per heavy atom. The van der Waals surface area contributed by atoms with Crippen LogP contribution in [0.15, 0.2) is 42.5 Å². The molecule has 106 valence electrons. The van der Waals surface area contributed by atoms with Crippen LogP contribution in [0.4, 0.5) is 10.1 Å². The molecule has 21 heavy (non-hydrogen) atoms. The van der Waals surface area contributed by atoms with Crippen molar-refractivity contribution in [1.82, 2.24) is 0 Å². The zero-order chi connectivity index (χ0) is 15.2. The molecule has 2 N–H and O–H groups in total. The highest BCUT2D eigenvalue weighted by Gasteiger charge is 2.12. The lowest BCUT2D eigenvalue weighted by atomic mass is 10.1. The average Bonchev–Trinajstić information content (AvgIpc) is 2.50. The Labute approximate surface area is 122 Å². The summed E-state index contributed by atoms with van der Waals surface area (Å²) >= 11 is 0.